The highest BCUT2D eigenvalue weighted by Gasteiger charge is 2.30. The van der Waals surface area contributed by atoms with Gasteiger partial charge in [-0.1, -0.05) is 87.1 Å². The predicted octanol–water partition coefficient (Wildman–Crippen LogP) is 6.36. The Bertz CT molecular complexity index is 430. The molecule has 1 aliphatic heterocycles. The Morgan fingerprint density at radius 2 is 1.75 bits per heavy atom. The molecule has 1 fully saturated rings. The Morgan fingerprint density at radius 1 is 1.17 bits per heavy atom. The Morgan fingerprint density at radius 3 is 2.12 bits per heavy atom. The molecule has 1 N–H and O–H groups in total. The summed E-state index contributed by atoms with van der Waals surface area (Å²) in [5.41, 5.74) is 2.42. The van der Waals surface area contributed by atoms with Crippen molar-refractivity contribution in [2.45, 2.75) is 86.4 Å². The van der Waals surface area contributed by atoms with Crippen LogP contribution >= 0.6 is 7.92 Å². The van der Waals surface area contributed by atoms with Crippen molar-refractivity contribution in [2.75, 3.05) is 6.16 Å². The second-order valence-corrected chi connectivity index (χ2v) is 9.77. The third-order valence-electron chi connectivity index (χ3n) is 4.92. The molecule has 2 heteroatoms. The smallest absolute Gasteiger partial charge is 0.0563 e. The van der Waals surface area contributed by atoms with Crippen molar-refractivity contribution < 1.29 is 5.11 Å². The van der Waals surface area contributed by atoms with Crippen LogP contribution in [0.2, 0.25) is 0 Å². The van der Waals surface area contributed by atoms with Crippen LogP contribution in [0.5, 0.6) is 0 Å². The third kappa shape index (κ3) is 7.66. The number of hydrogen-bond acceptors (Lipinski definition) is 1. The molecule has 0 spiro atoms. The zero-order chi connectivity index (χ0) is 18.7. The zero-order valence-corrected chi connectivity index (χ0v) is 18.2. The van der Waals surface area contributed by atoms with Crippen LogP contribution in [0.4, 0.5) is 0 Å². The van der Waals surface area contributed by atoms with Crippen molar-refractivity contribution in [3.63, 3.8) is 0 Å². The fourth-order valence-corrected chi connectivity index (χ4v) is 6.29. The lowest BCUT2D eigenvalue weighted by Crippen LogP contribution is -2.13. The summed E-state index contributed by atoms with van der Waals surface area (Å²) in [5.74, 6) is 1.36. The van der Waals surface area contributed by atoms with E-state index in [1.54, 1.807) is 5.30 Å². The van der Waals surface area contributed by atoms with Crippen molar-refractivity contribution in [3.8, 4) is 0 Å². The van der Waals surface area contributed by atoms with Gasteiger partial charge in [0.1, 0.15) is 0 Å². The van der Waals surface area contributed by atoms with Crippen molar-refractivity contribution in [1.29, 1.82) is 0 Å². The van der Waals surface area contributed by atoms with Gasteiger partial charge in [-0.3, -0.25) is 0 Å². The number of aliphatic hydroxyl groups excluding tert-OH is 1. The number of hydrogen-bond donors (Lipinski definition) is 1. The van der Waals surface area contributed by atoms with Crippen LogP contribution in [0.25, 0.3) is 0 Å². The molecule has 0 saturated carbocycles. The van der Waals surface area contributed by atoms with E-state index in [-0.39, 0.29) is 14.0 Å². The van der Waals surface area contributed by atoms with Crippen LogP contribution < -0.4 is 5.30 Å². The summed E-state index contributed by atoms with van der Waals surface area (Å²) in [6.45, 7) is 17.3. The average molecular weight is 353 g/mol. The van der Waals surface area contributed by atoms with E-state index in [0.717, 1.165) is 24.4 Å². The molecule has 1 aromatic rings. The molecule has 1 nitrogen and oxygen atoms in total. The van der Waals surface area contributed by atoms with Gasteiger partial charge in [-0.2, -0.15) is 0 Å². The highest BCUT2D eigenvalue weighted by molar-refractivity contribution is 7.66. The lowest BCUT2D eigenvalue weighted by atomic mass is 10.0. The highest BCUT2D eigenvalue weighted by atomic mass is 31.1. The van der Waals surface area contributed by atoms with E-state index in [2.05, 4.69) is 52.0 Å². The molecule has 140 valence electrons. The van der Waals surface area contributed by atoms with Crippen LogP contribution in [0.15, 0.2) is 24.3 Å². The second-order valence-electron chi connectivity index (χ2n) is 7.09. The first kappa shape index (κ1) is 23.6. The van der Waals surface area contributed by atoms with Gasteiger partial charge < -0.3 is 5.11 Å². The lowest BCUT2D eigenvalue weighted by molar-refractivity contribution is 0.115. The molecule has 1 aromatic carbocycles. The van der Waals surface area contributed by atoms with Gasteiger partial charge in [0.25, 0.3) is 0 Å². The monoisotopic (exact) mass is 352 g/mol. The molecule has 24 heavy (non-hydrogen) atoms. The molecule has 0 radical (unpaired) electrons. The summed E-state index contributed by atoms with van der Waals surface area (Å²) in [5, 5.41) is 10.8. The van der Waals surface area contributed by atoms with E-state index in [1.807, 2.05) is 27.7 Å². The minimum Gasteiger partial charge on any atom is -0.393 e. The number of aliphatic hydroxyl groups is 1. The van der Waals surface area contributed by atoms with Gasteiger partial charge in [-0.15, -0.1) is 0 Å². The van der Waals surface area contributed by atoms with Crippen LogP contribution in [0.3, 0.4) is 0 Å². The summed E-state index contributed by atoms with van der Waals surface area (Å²) in [6.07, 6.45) is 4.82. The van der Waals surface area contributed by atoms with Crippen molar-refractivity contribution in [1.82, 2.24) is 0 Å². The SMILES string of the molecule is CC.CCCC(O)C(C)C.Cc1ccccc1P1CCC(C)C1C. The lowest BCUT2D eigenvalue weighted by Gasteiger charge is -2.20. The summed E-state index contributed by atoms with van der Waals surface area (Å²) < 4.78 is 0. The third-order valence-corrected chi connectivity index (χ3v) is 8.27. The van der Waals surface area contributed by atoms with Crippen molar-refractivity contribution in [2.24, 2.45) is 11.8 Å². The standard InChI is InChI=1S/C13H19P.C7H16O.C2H6/c1-10-8-9-14(12(10)3)13-7-5-4-6-11(13)2;1-4-5-7(8)6(2)3;1-2/h4-7,10,12H,8-9H2,1-3H3;6-8H,4-5H2,1-3H3;1-2H3. The molecule has 1 aliphatic rings. The summed E-state index contributed by atoms with van der Waals surface area (Å²) in [7, 11) is 0.138. The van der Waals surface area contributed by atoms with Gasteiger partial charge in [-0.05, 0) is 54.3 Å². The second kappa shape index (κ2) is 12.9. The summed E-state index contributed by atoms with van der Waals surface area (Å²) in [4.78, 5) is 0. The van der Waals surface area contributed by atoms with Gasteiger partial charge >= 0.3 is 0 Å². The van der Waals surface area contributed by atoms with Crippen molar-refractivity contribution >= 4 is 13.2 Å². The van der Waals surface area contributed by atoms with Crippen LogP contribution in [-0.2, 0) is 0 Å². The number of benzene rings is 1. The fraction of sp³-hybridized carbons (Fsp3) is 0.727. The van der Waals surface area contributed by atoms with Crippen LogP contribution in [-0.4, -0.2) is 23.0 Å². The molecular weight excluding hydrogens is 311 g/mol. The Hall–Kier alpha value is -0.390. The molecule has 4 unspecified atom stereocenters. The van der Waals surface area contributed by atoms with Gasteiger partial charge in [-0.25, -0.2) is 0 Å². The molecule has 0 aliphatic carbocycles. The molecular formula is C22H41OP. The van der Waals surface area contributed by atoms with E-state index in [1.165, 1.54) is 18.1 Å². The van der Waals surface area contributed by atoms with Gasteiger partial charge in [0.15, 0.2) is 0 Å². The van der Waals surface area contributed by atoms with Gasteiger partial charge in [0, 0.05) is 0 Å². The first-order valence-corrected chi connectivity index (χ1v) is 11.5. The maximum Gasteiger partial charge on any atom is 0.0563 e. The van der Waals surface area contributed by atoms with E-state index >= 15 is 0 Å². The first-order chi connectivity index (χ1) is 11.4. The Kier molecular flexibility index (Phi) is 12.7. The number of rotatable bonds is 4. The molecule has 4 atom stereocenters. The molecule has 1 saturated heterocycles. The normalized spacial score (nSPS) is 23.8. The van der Waals surface area contributed by atoms with E-state index in [0.29, 0.717) is 5.92 Å². The Labute approximate surface area is 153 Å². The maximum absolute atomic E-state index is 9.13. The quantitative estimate of drug-likeness (QED) is 0.625. The molecule has 0 aromatic heterocycles. The predicted molar refractivity (Wildman–Crippen MR) is 113 cm³/mol. The topological polar surface area (TPSA) is 20.2 Å². The zero-order valence-electron chi connectivity index (χ0n) is 17.3. The van der Waals surface area contributed by atoms with Gasteiger partial charge in [0.05, 0.1) is 6.10 Å². The van der Waals surface area contributed by atoms with Gasteiger partial charge in [0.2, 0.25) is 0 Å². The van der Waals surface area contributed by atoms with Crippen LogP contribution in [0.1, 0.15) is 73.3 Å². The fourth-order valence-electron chi connectivity index (χ4n) is 2.95. The maximum atomic E-state index is 9.13. The summed E-state index contributed by atoms with van der Waals surface area (Å²) >= 11 is 0. The van der Waals surface area contributed by atoms with E-state index in [9.17, 15) is 0 Å². The minimum atomic E-state index is -0.0833. The largest absolute Gasteiger partial charge is 0.393 e. The van der Waals surface area contributed by atoms with Crippen molar-refractivity contribution in [3.05, 3.63) is 29.8 Å². The molecule has 2 rings (SSSR count). The molecule has 1 heterocycles. The highest BCUT2D eigenvalue weighted by Crippen LogP contribution is 2.51. The first-order valence-electron chi connectivity index (χ1n) is 9.88. The minimum absolute atomic E-state index is 0.0833. The Balaban J connectivity index is 0.000000456. The summed E-state index contributed by atoms with van der Waals surface area (Å²) in [6, 6.07) is 8.95. The molecule has 0 amide bonds. The number of aryl methyl sites for hydroxylation is 1. The van der Waals surface area contributed by atoms with E-state index in [4.69, 9.17) is 5.11 Å². The van der Waals surface area contributed by atoms with Crippen LogP contribution in [0, 0.1) is 18.8 Å². The molecule has 0 bridgehead atoms. The van der Waals surface area contributed by atoms with E-state index < -0.39 is 0 Å². The average Bonchev–Trinajstić information content (AvgIpc) is 2.90.